The predicted molar refractivity (Wildman–Crippen MR) is 172 cm³/mol. The van der Waals surface area contributed by atoms with Crippen LogP contribution in [0.4, 0.5) is 13.2 Å². The van der Waals surface area contributed by atoms with Gasteiger partial charge in [-0.1, -0.05) is 11.9 Å². The van der Waals surface area contributed by atoms with E-state index < -0.39 is 17.7 Å². The van der Waals surface area contributed by atoms with Gasteiger partial charge >= 0.3 is 6.18 Å². The monoisotopic (exact) mass is 673 g/mol. The van der Waals surface area contributed by atoms with Gasteiger partial charge in [0.1, 0.15) is 6.17 Å². The van der Waals surface area contributed by atoms with E-state index in [-0.39, 0.29) is 61.9 Å². The molecular formula is C32H54F3N7O3S. The highest BCUT2D eigenvalue weighted by Gasteiger charge is 2.62. The van der Waals surface area contributed by atoms with Crippen LogP contribution in [0.2, 0.25) is 0 Å². The Morgan fingerprint density at radius 2 is 1.93 bits per heavy atom. The van der Waals surface area contributed by atoms with E-state index in [0.717, 1.165) is 71.0 Å². The topological polar surface area (TPSA) is 110 Å². The average molecular weight is 674 g/mol. The Morgan fingerprint density at radius 3 is 2.70 bits per heavy atom. The minimum atomic E-state index is -4.17. The number of nitrogens with zero attached hydrogens (tertiary/aromatic N) is 4. The molecule has 10 nitrogen and oxygen atoms in total. The summed E-state index contributed by atoms with van der Waals surface area (Å²) in [6.45, 7) is 7.76. The smallest absolute Gasteiger partial charge is 0.394 e. The minimum absolute atomic E-state index is 0.0163. The number of aromatic nitrogens is 2. The molecule has 5 aliphatic rings. The molecule has 4 bridgehead atoms. The fraction of sp³-hybridized carbons (Fsp3) is 0.906. The van der Waals surface area contributed by atoms with E-state index in [1.54, 1.807) is 18.0 Å². The minimum Gasteiger partial charge on any atom is -0.477 e. The Hall–Kier alpha value is -1.13. The Kier molecular flexibility index (Phi) is 10.9. The van der Waals surface area contributed by atoms with Gasteiger partial charge in [-0.05, 0) is 96.9 Å². The molecule has 1 aromatic heterocycles. The van der Waals surface area contributed by atoms with Crippen LogP contribution in [0.15, 0.2) is 12.3 Å². The van der Waals surface area contributed by atoms with Gasteiger partial charge in [0, 0.05) is 43.4 Å². The van der Waals surface area contributed by atoms with Gasteiger partial charge < -0.3 is 14.9 Å². The van der Waals surface area contributed by atoms with Gasteiger partial charge in [0.05, 0.1) is 42.4 Å². The molecule has 46 heavy (non-hydrogen) atoms. The maximum absolute atomic E-state index is 13.3. The zero-order valence-corrected chi connectivity index (χ0v) is 28.2. The third kappa shape index (κ3) is 8.01. The van der Waals surface area contributed by atoms with Gasteiger partial charge in [-0.25, -0.2) is 0 Å². The van der Waals surface area contributed by atoms with Gasteiger partial charge in [0.15, 0.2) is 0 Å². The molecule has 5 heterocycles. The molecule has 1 aliphatic carbocycles. The lowest BCUT2D eigenvalue weighted by Gasteiger charge is -2.47. The van der Waals surface area contributed by atoms with E-state index >= 15 is 0 Å². The molecule has 5 fully saturated rings. The van der Waals surface area contributed by atoms with Crippen LogP contribution in [0.1, 0.15) is 90.6 Å². The largest absolute Gasteiger partial charge is 0.477 e. The summed E-state index contributed by atoms with van der Waals surface area (Å²) in [4.78, 5) is 5.01. The third-order valence-electron chi connectivity index (χ3n) is 11.2. The van der Waals surface area contributed by atoms with Gasteiger partial charge in [0.2, 0.25) is 5.88 Å². The molecule has 6 rings (SSSR count). The van der Waals surface area contributed by atoms with E-state index in [1.807, 2.05) is 10.9 Å². The zero-order valence-electron chi connectivity index (χ0n) is 27.4. The molecule has 5 N–H and O–H groups in total. The first kappa shape index (κ1) is 34.7. The maximum Gasteiger partial charge on any atom is 0.394 e. The van der Waals surface area contributed by atoms with Crippen molar-refractivity contribution in [3.8, 4) is 5.88 Å². The number of rotatable bonds is 8. The number of piperidine rings is 2. The number of hydrogen-bond acceptors (Lipinski definition) is 10. The van der Waals surface area contributed by atoms with Gasteiger partial charge in [-0.15, -0.1) is 5.10 Å². The first-order valence-corrected chi connectivity index (χ1v) is 18.3. The molecule has 1 aromatic rings. The van der Waals surface area contributed by atoms with Crippen LogP contribution in [-0.2, 0) is 0 Å². The molecule has 262 valence electrons. The first-order chi connectivity index (χ1) is 22.0. The number of fused-ring (bicyclic) bond motifs is 6. The first-order valence-electron chi connectivity index (χ1n) is 17.4. The highest BCUT2D eigenvalue weighted by Crippen LogP contribution is 2.59. The van der Waals surface area contributed by atoms with E-state index in [0.29, 0.717) is 24.3 Å². The van der Waals surface area contributed by atoms with E-state index in [4.69, 9.17) is 4.74 Å². The van der Waals surface area contributed by atoms with Crippen LogP contribution in [-0.4, -0.2) is 105 Å². The van der Waals surface area contributed by atoms with Crippen molar-refractivity contribution >= 4 is 11.9 Å². The fourth-order valence-electron chi connectivity index (χ4n) is 8.36. The molecule has 8 atom stereocenters. The van der Waals surface area contributed by atoms with Crippen molar-refractivity contribution < 1.29 is 28.1 Å². The quantitative estimate of drug-likeness (QED) is 0.260. The van der Waals surface area contributed by atoms with Crippen LogP contribution in [0.5, 0.6) is 5.88 Å². The van der Waals surface area contributed by atoms with Crippen molar-refractivity contribution in [2.24, 2.45) is 17.3 Å². The van der Waals surface area contributed by atoms with Gasteiger partial charge in [-0.2, -0.15) is 13.2 Å². The number of ether oxygens (including phenoxy) is 1. The number of alkyl halides is 3. The zero-order chi connectivity index (χ0) is 32.5. The van der Waals surface area contributed by atoms with Crippen molar-refractivity contribution in [3.05, 3.63) is 12.3 Å². The van der Waals surface area contributed by atoms with Crippen LogP contribution < -0.4 is 20.1 Å². The van der Waals surface area contributed by atoms with Crippen molar-refractivity contribution in [2.75, 3.05) is 39.4 Å². The number of hydrogen-bond donors (Lipinski definition) is 5. The average Bonchev–Trinajstić information content (AvgIpc) is 3.57. The number of β-amino-alcohol motifs (C(OH)–C–C–N with tert-alkyl or cyclic N) is 1. The lowest BCUT2D eigenvalue weighted by Crippen LogP contribution is -2.60. The number of aliphatic hydroxyl groups is 2. The van der Waals surface area contributed by atoms with Crippen molar-refractivity contribution in [2.45, 2.75) is 126 Å². The summed E-state index contributed by atoms with van der Waals surface area (Å²) in [5.41, 5.74) is -1.54. The van der Waals surface area contributed by atoms with E-state index in [1.165, 1.54) is 0 Å². The lowest BCUT2D eigenvalue weighted by molar-refractivity contribution is -0.190. The predicted octanol–water partition coefficient (Wildman–Crippen LogP) is 4.03. The van der Waals surface area contributed by atoms with Gasteiger partial charge in [0.25, 0.3) is 0 Å². The van der Waals surface area contributed by atoms with Crippen LogP contribution in [0, 0.1) is 17.3 Å². The Bertz CT molecular complexity index is 1140. The number of nitrogens with one attached hydrogen (secondary N) is 3. The van der Waals surface area contributed by atoms with E-state index in [9.17, 15) is 23.4 Å². The van der Waals surface area contributed by atoms with Crippen molar-refractivity contribution in [1.29, 1.82) is 0 Å². The summed E-state index contributed by atoms with van der Waals surface area (Å²) in [5, 5.41) is 32.5. The fourth-order valence-corrected chi connectivity index (χ4v) is 9.38. The summed E-state index contributed by atoms with van der Waals surface area (Å²) in [5.74, 6) is 1.34. The number of halogens is 3. The molecule has 0 aromatic carbocycles. The standard InChI is InChI=1S/C32H54F3N7O3S/c1-30(2)17-22-5-4-14-40(20-24(44)21-43)25-6-3-7-28(37-25)46-36-18-23-8-9-26(38-29(23)41(30)19-22)42-15-10-27(39-42)45-16-13-31(11-12-31)32(33,34)35/h10,15,22-26,28-29,36-38,43-44H,3-9,11-14,16-21H2,1-2H3/t22-,23?,24-,25?,26?,28?,29?/m0/s1. The second-order valence-electron chi connectivity index (χ2n) is 15.1. The molecular weight excluding hydrogens is 619 g/mol. The lowest BCUT2D eigenvalue weighted by atomic mass is 9.90. The molecule has 0 amide bonds. The second kappa shape index (κ2) is 14.4. The maximum atomic E-state index is 13.3. The third-order valence-corrected chi connectivity index (χ3v) is 12.2. The van der Waals surface area contributed by atoms with Crippen LogP contribution in [0.25, 0.3) is 0 Å². The summed E-state index contributed by atoms with van der Waals surface area (Å²) >= 11 is 1.77. The molecule has 1 saturated carbocycles. The molecule has 0 radical (unpaired) electrons. The summed E-state index contributed by atoms with van der Waals surface area (Å²) in [6, 6.07) is 1.76. The van der Waals surface area contributed by atoms with Crippen LogP contribution in [0.3, 0.4) is 0 Å². The molecule has 14 heteroatoms. The SMILES string of the molecule is CC1(C)C[C@@H]2CCCN(C[C@H](O)CO)C3CCCC(N3)SNCC3CCC(n4ccc(OCCC5(C(F)(F)F)CC5)n4)NC3N1C2. The molecule has 4 saturated heterocycles. The van der Waals surface area contributed by atoms with Crippen LogP contribution >= 0.6 is 11.9 Å². The Morgan fingerprint density at radius 1 is 1.11 bits per heavy atom. The molecule has 6 unspecified atom stereocenters. The molecule has 0 spiro atoms. The number of aliphatic hydroxyl groups excluding tert-OH is 2. The van der Waals surface area contributed by atoms with Gasteiger partial charge in [-0.3, -0.25) is 29.8 Å². The highest BCUT2D eigenvalue weighted by molar-refractivity contribution is 7.98. The Balaban J connectivity index is 1.12. The van der Waals surface area contributed by atoms with Crippen molar-refractivity contribution in [3.63, 3.8) is 0 Å². The highest BCUT2D eigenvalue weighted by atomic mass is 32.2. The normalized spacial score (nSPS) is 35.8. The summed E-state index contributed by atoms with van der Waals surface area (Å²) < 4.78 is 51.3. The second-order valence-corrected chi connectivity index (χ2v) is 16.1. The summed E-state index contributed by atoms with van der Waals surface area (Å²) in [7, 11) is 0. The van der Waals surface area contributed by atoms with Crippen molar-refractivity contribution in [1.82, 2.24) is 34.9 Å². The van der Waals surface area contributed by atoms with E-state index in [2.05, 4.69) is 44.1 Å². The molecule has 4 aliphatic heterocycles. The Labute approximate surface area is 275 Å². The summed E-state index contributed by atoms with van der Waals surface area (Å²) in [6.07, 6.45) is 6.11.